The molecule has 164 valence electrons. The molecule has 1 aliphatic carbocycles. The van der Waals surface area contributed by atoms with Crippen molar-refractivity contribution in [3.63, 3.8) is 0 Å². The van der Waals surface area contributed by atoms with Crippen molar-refractivity contribution in [2.24, 2.45) is 0 Å². The fourth-order valence-corrected chi connectivity index (χ4v) is 5.71. The number of benzene rings is 2. The molecule has 0 aliphatic heterocycles. The predicted molar refractivity (Wildman–Crippen MR) is 132 cm³/mol. The zero-order chi connectivity index (χ0) is 22.0. The van der Waals surface area contributed by atoms with Crippen molar-refractivity contribution < 1.29 is 0 Å². The van der Waals surface area contributed by atoms with Crippen LogP contribution >= 0.6 is 35.0 Å². The third kappa shape index (κ3) is 5.30. The van der Waals surface area contributed by atoms with E-state index in [1.54, 1.807) is 17.8 Å². The molecule has 3 nitrogen and oxygen atoms in total. The molecule has 0 saturated heterocycles. The molecule has 1 saturated carbocycles. The highest BCUT2D eigenvalue weighted by Crippen LogP contribution is 2.37. The van der Waals surface area contributed by atoms with Gasteiger partial charge < -0.3 is 0 Å². The maximum absolute atomic E-state index is 6.40. The van der Waals surface area contributed by atoms with Crippen LogP contribution in [0.25, 0.3) is 11.4 Å². The second kappa shape index (κ2) is 9.56. The summed E-state index contributed by atoms with van der Waals surface area (Å²) in [5.74, 6) is 1.71. The lowest BCUT2D eigenvalue weighted by Crippen LogP contribution is -2.15. The van der Waals surface area contributed by atoms with E-state index in [9.17, 15) is 0 Å². The number of aromatic nitrogens is 3. The Morgan fingerprint density at radius 1 is 0.968 bits per heavy atom. The minimum atomic E-state index is 0.133. The molecule has 1 fully saturated rings. The molecular formula is C25H29Cl2N3S. The molecule has 2 aromatic carbocycles. The maximum atomic E-state index is 6.40. The lowest BCUT2D eigenvalue weighted by Gasteiger charge is -2.26. The van der Waals surface area contributed by atoms with Crippen molar-refractivity contribution in [3.8, 4) is 11.4 Å². The van der Waals surface area contributed by atoms with E-state index in [4.69, 9.17) is 23.2 Å². The molecule has 0 bridgehead atoms. The number of hydrogen-bond acceptors (Lipinski definition) is 3. The van der Waals surface area contributed by atoms with Crippen LogP contribution in [0.1, 0.15) is 70.0 Å². The normalized spacial score (nSPS) is 15.4. The third-order valence-electron chi connectivity index (χ3n) is 5.99. The zero-order valence-corrected chi connectivity index (χ0v) is 20.7. The molecule has 31 heavy (non-hydrogen) atoms. The highest BCUT2D eigenvalue weighted by atomic mass is 35.5. The average molecular weight is 475 g/mol. The Labute approximate surface area is 199 Å². The van der Waals surface area contributed by atoms with Crippen molar-refractivity contribution in [1.82, 2.24) is 14.8 Å². The van der Waals surface area contributed by atoms with Gasteiger partial charge in [-0.1, -0.05) is 105 Å². The number of rotatable bonds is 5. The monoisotopic (exact) mass is 473 g/mol. The highest BCUT2D eigenvalue weighted by Gasteiger charge is 2.24. The van der Waals surface area contributed by atoms with Gasteiger partial charge in [-0.15, -0.1) is 10.2 Å². The Balaban J connectivity index is 1.65. The summed E-state index contributed by atoms with van der Waals surface area (Å²) in [6, 6.07) is 14.9. The molecule has 0 spiro atoms. The van der Waals surface area contributed by atoms with E-state index in [1.807, 2.05) is 12.1 Å². The lowest BCUT2D eigenvalue weighted by molar-refractivity contribution is 0.339. The molecule has 0 unspecified atom stereocenters. The van der Waals surface area contributed by atoms with Gasteiger partial charge in [0.25, 0.3) is 0 Å². The first-order valence-corrected chi connectivity index (χ1v) is 12.7. The van der Waals surface area contributed by atoms with E-state index in [-0.39, 0.29) is 5.41 Å². The summed E-state index contributed by atoms with van der Waals surface area (Å²) < 4.78 is 2.37. The molecule has 1 heterocycles. The number of thioether (sulfide) groups is 1. The van der Waals surface area contributed by atoms with E-state index < -0.39 is 0 Å². The first-order chi connectivity index (χ1) is 14.8. The van der Waals surface area contributed by atoms with Crippen molar-refractivity contribution >= 4 is 35.0 Å². The van der Waals surface area contributed by atoms with Crippen molar-refractivity contribution in [2.45, 2.75) is 75.2 Å². The molecule has 1 aromatic heterocycles. The van der Waals surface area contributed by atoms with Gasteiger partial charge in [-0.05, 0) is 41.5 Å². The van der Waals surface area contributed by atoms with Crippen molar-refractivity contribution in [2.75, 3.05) is 0 Å². The Hall–Kier alpha value is -1.49. The Bertz CT molecular complexity index is 1030. The first kappa shape index (κ1) is 22.7. The van der Waals surface area contributed by atoms with Crippen LogP contribution in [0.5, 0.6) is 0 Å². The third-order valence-corrected chi connectivity index (χ3v) is 7.56. The van der Waals surface area contributed by atoms with Crippen LogP contribution in [0, 0.1) is 0 Å². The summed E-state index contributed by atoms with van der Waals surface area (Å²) in [5.41, 5.74) is 3.65. The summed E-state index contributed by atoms with van der Waals surface area (Å²) in [7, 11) is 0. The zero-order valence-electron chi connectivity index (χ0n) is 18.4. The van der Waals surface area contributed by atoms with Crippen LogP contribution in [0.3, 0.4) is 0 Å². The molecule has 0 radical (unpaired) electrons. The first-order valence-electron chi connectivity index (χ1n) is 11.0. The van der Waals surface area contributed by atoms with Crippen LogP contribution in [0.4, 0.5) is 0 Å². The van der Waals surface area contributed by atoms with E-state index in [1.165, 1.54) is 37.7 Å². The highest BCUT2D eigenvalue weighted by molar-refractivity contribution is 7.98. The van der Waals surface area contributed by atoms with Gasteiger partial charge in [0, 0.05) is 27.4 Å². The topological polar surface area (TPSA) is 30.7 Å². The minimum Gasteiger partial charge on any atom is -0.299 e. The van der Waals surface area contributed by atoms with Gasteiger partial charge in [0.05, 0.1) is 0 Å². The Kier molecular flexibility index (Phi) is 7.00. The fourth-order valence-electron chi connectivity index (χ4n) is 4.14. The molecule has 6 heteroatoms. The molecular weight excluding hydrogens is 445 g/mol. The van der Waals surface area contributed by atoms with Gasteiger partial charge in [-0.3, -0.25) is 4.57 Å². The summed E-state index contributed by atoms with van der Waals surface area (Å²) in [6.07, 6.45) is 6.20. The standard InChI is InChI=1S/C25H29Cl2N3S/c1-25(2,3)19-12-9-17(10-13-19)23-28-29-24(30(23)21-7-5-4-6-8-21)31-16-18-11-14-20(26)15-22(18)27/h9-15,21H,4-8,16H2,1-3H3. The van der Waals surface area contributed by atoms with Crippen LogP contribution in [-0.2, 0) is 11.2 Å². The van der Waals surface area contributed by atoms with Gasteiger partial charge in [0.1, 0.15) is 0 Å². The number of nitrogens with zero attached hydrogens (tertiary/aromatic N) is 3. The molecule has 1 aliphatic rings. The summed E-state index contributed by atoms with van der Waals surface area (Å²) in [4.78, 5) is 0. The van der Waals surface area contributed by atoms with Gasteiger partial charge in [-0.25, -0.2) is 0 Å². The Morgan fingerprint density at radius 3 is 2.32 bits per heavy atom. The van der Waals surface area contributed by atoms with Crippen molar-refractivity contribution in [3.05, 3.63) is 63.6 Å². The van der Waals surface area contributed by atoms with Crippen molar-refractivity contribution in [1.29, 1.82) is 0 Å². The minimum absolute atomic E-state index is 0.133. The molecule has 4 rings (SSSR count). The van der Waals surface area contributed by atoms with Crippen LogP contribution in [0.15, 0.2) is 47.6 Å². The van der Waals surface area contributed by atoms with E-state index in [0.29, 0.717) is 16.1 Å². The Morgan fingerprint density at radius 2 is 1.68 bits per heavy atom. The lowest BCUT2D eigenvalue weighted by atomic mass is 9.86. The summed E-state index contributed by atoms with van der Waals surface area (Å²) in [5, 5.41) is 11.6. The number of hydrogen-bond donors (Lipinski definition) is 0. The van der Waals surface area contributed by atoms with E-state index >= 15 is 0 Å². The fraction of sp³-hybridized carbons (Fsp3) is 0.440. The maximum Gasteiger partial charge on any atom is 0.192 e. The summed E-state index contributed by atoms with van der Waals surface area (Å²) in [6.45, 7) is 6.72. The molecule has 0 atom stereocenters. The SMILES string of the molecule is CC(C)(C)c1ccc(-c2nnc(SCc3ccc(Cl)cc3Cl)n2C2CCCCC2)cc1. The quantitative estimate of drug-likeness (QED) is 0.348. The smallest absolute Gasteiger partial charge is 0.192 e. The molecule has 0 amide bonds. The largest absolute Gasteiger partial charge is 0.299 e. The average Bonchev–Trinajstić information content (AvgIpc) is 3.17. The molecule has 0 N–H and O–H groups in total. The van der Waals surface area contributed by atoms with Gasteiger partial charge >= 0.3 is 0 Å². The second-order valence-electron chi connectivity index (χ2n) is 9.32. The van der Waals surface area contributed by atoms with Gasteiger partial charge in [0.2, 0.25) is 0 Å². The van der Waals surface area contributed by atoms with Crippen LogP contribution in [0.2, 0.25) is 10.0 Å². The number of halogens is 2. The van der Waals surface area contributed by atoms with E-state index in [2.05, 4.69) is 59.8 Å². The van der Waals surface area contributed by atoms with E-state index in [0.717, 1.165) is 27.9 Å². The summed E-state index contributed by atoms with van der Waals surface area (Å²) >= 11 is 14.1. The van der Waals surface area contributed by atoms with Crippen LogP contribution in [-0.4, -0.2) is 14.8 Å². The predicted octanol–water partition coefficient (Wildman–Crippen LogP) is 8.35. The second-order valence-corrected chi connectivity index (χ2v) is 11.1. The van der Waals surface area contributed by atoms with Gasteiger partial charge in [0.15, 0.2) is 11.0 Å². The van der Waals surface area contributed by atoms with Gasteiger partial charge in [-0.2, -0.15) is 0 Å². The van der Waals surface area contributed by atoms with Crippen LogP contribution < -0.4 is 0 Å². The molecule has 3 aromatic rings.